The van der Waals surface area contributed by atoms with Gasteiger partial charge in [0.15, 0.2) is 11.6 Å². The van der Waals surface area contributed by atoms with Crippen molar-refractivity contribution in [2.45, 2.75) is 58.5 Å². The fourth-order valence-electron chi connectivity index (χ4n) is 3.86. The van der Waals surface area contributed by atoms with Crippen LogP contribution in [0.4, 0.5) is 8.78 Å². The maximum atomic E-state index is 14.6. The Labute approximate surface area is 207 Å². The van der Waals surface area contributed by atoms with Gasteiger partial charge >= 0.3 is 0 Å². The molecule has 0 N–H and O–H groups in total. The first-order valence-electron chi connectivity index (χ1n) is 12.4. The van der Waals surface area contributed by atoms with Gasteiger partial charge in [0.25, 0.3) is 0 Å². The molecule has 0 fully saturated rings. The van der Waals surface area contributed by atoms with E-state index in [1.54, 1.807) is 12.3 Å². The van der Waals surface area contributed by atoms with Gasteiger partial charge in [-0.05, 0) is 67.8 Å². The van der Waals surface area contributed by atoms with Gasteiger partial charge in [-0.25, -0.2) is 4.39 Å². The number of halogens is 2. The molecule has 1 unspecified atom stereocenters. The number of rotatable bonds is 14. The van der Waals surface area contributed by atoms with E-state index < -0.39 is 11.6 Å². The Morgan fingerprint density at radius 3 is 2.69 bits per heavy atom. The molecule has 0 aliphatic carbocycles. The van der Waals surface area contributed by atoms with Crippen LogP contribution in [0.25, 0.3) is 28.1 Å². The summed E-state index contributed by atoms with van der Waals surface area (Å²) in [6.45, 7) is 8.82. The summed E-state index contributed by atoms with van der Waals surface area (Å²) < 4.78 is 40.0. The molecule has 0 radical (unpaired) electrons. The normalized spacial score (nSPS) is 12.3. The zero-order valence-electron chi connectivity index (χ0n) is 20.7. The zero-order chi connectivity index (χ0) is 25.0. The third kappa shape index (κ3) is 7.72. The minimum atomic E-state index is -1.02. The van der Waals surface area contributed by atoms with E-state index in [1.165, 1.54) is 31.1 Å². The average molecular weight is 480 g/mol. The molecule has 0 aliphatic rings. The van der Waals surface area contributed by atoms with Crippen LogP contribution in [0.1, 0.15) is 57.9 Å². The van der Waals surface area contributed by atoms with Gasteiger partial charge in [-0.1, -0.05) is 56.7 Å². The highest BCUT2D eigenvalue weighted by molar-refractivity contribution is 5.87. The first kappa shape index (κ1) is 26.6. The number of nitrogens with zero attached hydrogens (tertiary/aromatic N) is 1. The molecule has 2 aromatic carbocycles. The predicted octanol–water partition coefficient (Wildman–Crippen LogP) is 8.52. The van der Waals surface area contributed by atoms with Crippen molar-refractivity contribution in [1.82, 2.24) is 4.98 Å². The van der Waals surface area contributed by atoms with Crippen LogP contribution in [0, 0.1) is 11.6 Å². The molecule has 1 atom stereocenters. The van der Waals surface area contributed by atoms with Crippen LogP contribution in [0.15, 0.2) is 61.3 Å². The molecule has 0 saturated heterocycles. The molecule has 0 spiro atoms. The highest BCUT2D eigenvalue weighted by atomic mass is 19.2. The minimum absolute atomic E-state index is 0.0999. The summed E-state index contributed by atoms with van der Waals surface area (Å²) >= 11 is 0. The lowest BCUT2D eigenvalue weighted by molar-refractivity contribution is 0.0566. The smallest absolute Gasteiger partial charge is 0.201 e. The van der Waals surface area contributed by atoms with E-state index in [1.807, 2.05) is 18.2 Å². The minimum Gasteiger partial charge on any atom is -0.486 e. The fourth-order valence-corrected chi connectivity index (χ4v) is 3.86. The Morgan fingerprint density at radius 2 is 1.89 bits per heavy atom. The molecule has 0 bridgehead atoms. The summed E-state index contributed by atoms with van der Waals surface area (Å²) in [6.07, 6.45) is 14.5. The quantitative estimate of drug-likeness (QED) is 0.171. The summed E-state index contributed by atoms with van der Waals surface area (Å²) in [7, 11) is 0. The Hall–Kier alpha value is -3.05. The molecule has 3 aromatic rings. The number of unbranched alkanes of at least 4 members (excludes halogenated alkanes) is 3. The number of allylic oxidation sites excluding steroid dienone is 1. The zero-order valence-corrected chi connectivity index (χ0v) is 20.7. The van der Waals surface area contributed by atoms with Crippen LogP contribution in [0.2, 0.25) is 0 Å². The fraction of sp³-hybridized carbons (Fsp3) is 0.367. The van der Waals surface area contributed by atoms with Crippen molar-refractivity contribution in [2.24, 2.45) is 0 Å². The van der Waals surface area contributed by atoms with Crippen LogP contribution < -0.4 is 4.74 Å². The van der Waals surface area contributed by atoms with Crippen molar-refractivity contribution < 1.29 is 18.3 Å². The van der Waals surface area contributed by atoms with E-state index in [0.29, 0.717) is 11.8 Å². The van der Waals surface area contributed by atoms with Gasteiger partial charge in [0, 0.05) is 23.8 Å². The van der Waals surface area contributed by atoms with Crippen LogP contribution in [-0.4, -0.2) is 24.3 Å². The number of ether oxygens (including phenoxy) is 2. The average Bonchev–Trinajstić information content (AvgIpc) is 2.87. The molecular weight excluding hydrogens is 444 g/mol. The maximum Gasteiger partial charge on any atom is 0.201 e. The van der Waals surface area contributed by atoms with Crippen LogP contribution in [0.5, 0.6) is 5.75 Å². The highest BCUT2D eigenvalue weighted by Gasteiger charge is 2.16. The van der Waals surface area contributed by atoms with E-state index in [0.717, 1.165) is 48.6 Å². The highest BCUT2D eigenvalue weighted by Crippen LogP contribution is 2.30. The lowest BCUT2D eigenvalue weighted by Crippen LogP contribution is -2.08. The molecule has 3 nitrogen and oxygen atoms in total. The summed E-state index contributed by atoms with van der Waals surface area (Å²) in [5.41, 5.74) is 1.55. The van der Waals surface area contributed by atoms with Gasteiger partial charge in [0.05, 0.1) is 11.8 Å². The summed E-state index contributed by atoms with van der Waals surface area (Å²) in [5, 5.41) is 1.85. The number of hydrogen-bond donors (Lipinski definition) is 0. The van der Waals surface area contributed by atoms with Gasteiger partial charge in [0.1, 0.15) is 6.61 Å². The second kappa shape index (κ2) is 13.7. The molecule has 0 saturated carbocycles. The van der Waals surface area contributed by atoms with Gasteiger partial charge in [-0.2, -0.15) is 4.39 Å². The Balaban J connectivity index is 1.59. The largest absolute Gasteiger partial charge is 0.486 e. The van der Waals surface area contributed by atoms with E-state index in [9.17, 15) is 8.78 Å². The lowest BCUT2D eigenvalue weighted by atomic mass is 10.0. The number of benzene rings is 2. The third-order valence-corrected chi connectivity index (χ3v) is 5.87. The molecule has 1 aromatic heterocycles. The molecule has 3 rings (SSSR count). The summed E-state index contributed by atoms with van der Waals surface area (Å²) in [4.78, 5) is 4.38. The van der Waals surface area contributed by atoms with Crippen molar-refractivity contribution in [1.29, 1.82) is 0 Å². The Morgan fingerprint density at radius 1 is 1.03 bits per heavy atom. The van der Waals surface area contributed by atoms with Crippen LogP contribution in [0.3, 0.4) is 0 Å². The van der Waals surface area contributed by atoms with Crippen molar-refractivity contribution in [3.63, 3.8) is 0 Å². The second-order valence-electron chi connectivity index (χ2n) is 8.74. The lowest BCUT2D eigenvalue weighted by Gasteiger charge is -2.12. The number of fused-ring (bicyclic) bond motifs is 1. The molecule has 0 aliphatic heterocycles. The van der Waals surface area contributed by atoms with Gasteiger partial charge in [-0.15, -0.1) is 0 Å². The van der Waals surface area contributed by atoms with E-state index in [4.69, 9.17) is 9.47 Å². The van der Waals surface area contributed by atoms with Crippen molar-refractivity contribution in [2.75, 3.05) is 13.2 Å². The number of aromatic nitrogens is 1. The van der Waals surface area contributed by atoms with Crippen molar-refractivity contribution >= 4 is 16.8 Å². The van der Waals surface area contributed by atoms with Crippen LogP contribution in [-0.2, 0) is 4.74 Å². The first-order chi connectivity index (χ1) is 17.0. The number of hydrogen-bond acceptors (Lipinski definition) is 3. The second-order valence-corrected chi connectivity index (χ2v) is 8.74. The van der Waals surface area contributed by atoms with Crippen molar-refractivity contribution in [3.05, 3.63) is 78.5 Å². The third-order valence-electron chi connectivity index (χ3n) is 5.87. The molecular formula is C30H35F2NO2. The summed E-state index contributed by atoms with van der Waals surface area (Å²) in [5.74, 6) is -2.14. The van der Waals surface area contributed by atoms with E-state index in [-0.39, 0.29) is 17.9 Å². The molecule has 186 valence electrons. The van der Waals surface area contributed by atoms with Gasteiger partial charge in [-0.3, -0.25) is 4.98 Å². The maximum absolute atomic E-state index is 14.6. The first-order valence-corrected chi connectivity index (χ1v) is 12.4. The molecule has 35 heavy (non-hydrogen) atoms. The van der Waals surface area contributed by atoms with Gasteiger partial charge < -0.3 is 9.47 Å². The Bertz CT molecular complexity index is 1140. The Kier molecular flexibility index (Phi) is 10.4. The molecule has 0 amide bonds. The standard InChI is InChI=1S/C30H35F2NO2/c1-4-6-10-18-34-22(3)11-8-7-9-12-23-13-14-24-20-27(33-21-25(24)19-23)26-15-16-28(35-17-5-2)30(32)29(26)31/h5,9,12-16,19-22H,2,4,6-8,10-11,17-18H2,1,3H3. The van der Waals surface area contributed by atoms with Gasteiger partial charge in [0.2, 0.25) is 5.82 Å². The van der Waals surface area contributed by atoms with E-state index >= 15 is 0 Å². The molecule has 5 heteroatoms. The topological polar surface area (TPSA) is 31.4 Å². The number of pyridine rings is 1. The van der Waals surface area contributed by atoms with E-state index in [2.05, 4.69) is 37.6 Å². The predicted molar refractivity (Wildman–Crippen MR) is 141 cm³/mol. The molecule has 1 heterocycles. The van der Waals surface area contributed by atoms with Crippen molar-refractivity contribution in [3.8, 4) is 17.0 Å². The SMILES string of the molecule is C=CCOc1ccc(-c2cc3ccc(C=CCCCC(C)OCCCCC)cc3cn2)c(F)c1F. The van der Waals surface area contributed by atoms with Crippen LogP contribution >= 0.6 is 0 Å². The monoisotopic (exact) mass is 479 g/mol. The summed E-state index contributed by atoms with van der Waals surface area (Å²) in [6, 6.07) is 10.7.